The van der Waals surface area contributed by atoms with E-state index in [2.05, 4.69) is 11.8 Å². The molecule has 0 bridgehead atoms. The molecule has 0 aliphatic heterocycles. The number of nitro groups is 1. The predicted octanol–water partition coefficient (Wildman–Crippen LogP) is 1.84. The van der Waals surface area contributed by atoms with Gasteiger partial charge in [-0.3, -0.25) is 10.1 Å². The number of nitrogens with zero attached hydrogens (tertiary/aromatic N) is 1. The Kier molecular flexibility index (Phi) is 3.58. The van der Waals surface area contributed by atoms with Gasteiger partial charge in [-0.05, 0) is 12.5 Å². The lowest BCUT2D eigenvalue weighted by Crippen LogP contribution is -1.94. The van der Waals surface area contributed by atoms with Crippen molar-refractivity contribution in [3.05, 3.63) is 39.4 Å². The lowest BCUT2D eigenvalue weighted by atomic mass is 10.1. The second-order valence-electron chi connectivity index (χ2n) is 2.90. The average molecular weight is 203 g/mol. The molecule has 0 heterocycles. The van der Waals surface area contributed by atoms with Crippen molar-refractivity contribution >= 4 is 12.0 Å². The van der Waals surface area contributed by atoms with Gasteiger partial charge in [0.2, 0.25) is 0 Å². The second-order valence-corrected chi connectivity index (χ2v) is 2.90. The first kappa shape index (κ1) is 10.9. The highest BCUT2D eigenvalue weighted by atomic mass is 16.6. The smallest absolute Gasteiger partial charge is 0.285 e. The van der Waals surface area contributed by atoms with Crippen LogP contribution in [0.25, 0.3) is 0 Å². The van der Waals surface area contributed by atoms with E-state index >= 15 is 0 Å². The number of carbonyl (C=O) groups excluding carboxylic acids is 1. The number of carbonyl (C=O) groups is 1. The van der Waals surface area contributed by atoms with Gasteiger partial charge >= 0.3 is 0 Å². The van der Waals surface area contributed by atoms with Crippen LogP contribution in [0.3, 0.4) is 0 Å². The van der Waals surface area contributed by atoms with E-state index in [0.29, 0.717) is 11.8 Å². The molecular formula is C11H9NO3. The van der Waals surface area contributed by atoms with Crippen molar-refractivity contribution in [3.8, 4) is 11.8 Å². The van der Waals surface area contributed by atoms with Gasteiger partial charge in [0.1, 0.15) is 11.8 Å². The van der Waals surface area contributed by atoms with Gasteiger partial charge in [-0.2, -0.15) is 0 Å². The Morgan fingerprint density at radius 1 is 1.53 bits per heavy atom. The zero-order valence-electron chi connectivity index (χ0n) is 8.19. The molecule has 4 nitrogen and oxygen atoms in total. The van der Waals surface area contributed by atoms with Crippen molar-refractivity contribution in [3.63, 3.8) is 0 Å². The van der Waals surface area contributed by atoms with Gasteiger partial charge in [-0.1, -0.05) is 24.0 Å². The van der Waals surface area contributed by atoms with Gasteiger partial charge in [0.15, 0.2) is 0 Å². The number of aldehydes is 1. The quantitative estimate of drug-likeness (QED) is 0.319. The third-order valence-corrected chi connectivity index (χ3v) is 1.85. The molecule has 4 heteroatoms. The SMILES string of the molecule is Cc1cccc([N+](=O)[O-])c1C#CCC=O. The molecule has 0 N–H and O–H groups in total. The summed E-state index contributed by atoms with van der Waals surface area (Å²) in [6.45, 7) is 1.75. The molecule has 76 valence electrons. The van der Waals surface area contributed by atoms with Gasteiger partial charge in [-0.15, -0.1) is 0 Å². The summed E-state index contributed by atoms with van der Waals surface area (Å²) in [5, 5.41) is 10.7. The monoisotopic (exact) mass is 203 g/mol. The van der Waals surface area contributed by atoms with E-state index < -0.39 is 4.92 Å². The number of nitro benzene ring substituents is 1. The largest absolute Gasteiger partial charge is 0.302 e. The molecule has 0 aromatic heterocycles. The molecule has 15 heavy (non-hydrogen) atoms. The molecule has 1 aromatic rings. The molecular weight excluding hydrogens is 194 g/mol. The summed E-state index contributed by atoms with van der Waals surface area (Å²) >= 11 is 0. The van der Waals surface area contributed by atoms with Crippen LogP contribution in [-0.2, 0) is 4.79 Å². The predicted molar refractivity (Wildman–Crippen MR) is 55.4 cm³/mol. The topological polar surface area (TPSA) is 60.2 Å². The Bertz CT molecular complexity index is 455. The molecule has 1 rings (SSSR count). The third kappa shape index (κ3) is 2.64. The molecule has 0 saturated heterocycles. The Hall–Kier alpha value is -2.15. The van der Waals surface area contributed by atoms with Crippen LogP contribution in [-0.4, -0.2) is 11.2 Å². The number of rotatable bonds is 2. The summed E-state index contributed by atoms with van der Waals surface area (Å²) in [6, 6.07) is 4.76. The summed E-state index contributed by atoms with van der Waals surface area (Å²) in [5.74, 6) is 5.21. The molecule has 0 unspecified atom stereocenters. The maximum absolute atomic E-state index is 10.7. The highest BCUT2D eigenvalue weighted by molar-refractivity contribution is 5.59. The van der Waals surface area contributed by atoms with Gasteiger partial charge in [-0.25, -0.2) is 0 Å². The summed E-state index contributed by atoms with van der Waals surface area (Å²) in [7, 11) is 0. The van der Waals surface area contributed by atoms with Crippen molar-refractivity contribution in [2.75, 3.05) is 0 Å². The fourth-order valence-electron chi connectivity index (χ4n) is 1.15. The normalized spacial score (nSPS) is 8.87. The molecule has 0 fully saturated rings. The third-order valence-electron chi connectivity index (χ3n) is 1.85. The van der Waals surface area contributed by atoms with Crippen LogP contribution in [0.4, 0.5) is 5.69 Å². The average Bonchev–Trinajstić information content (AvgIpc) is 2.20. The molecule has 0 aliphatic carbocycles. The van der Waals surface area contributed by atoms with E-state index in [0.717, 1.165) is 5.56 Å². The summed E-state index contributed by atoms with van der Waals surface area (Å²) in [6.07, 6.45) is 0.753. The standard InChI is InChI=1S/C11H9NO3/c1-9-5-4-7-11(12(14)15)10(9)6-2-3-8-13/h4-5,7-8H,3H2,1H3. The fourth-order valence-corrected chi connectivity index (χ4v) is 1.15. The van der Waals surface area contributed by atoms with Crippen LogP contribution in [0, 0.1) is 28.9 Å². The molecule has 0 radical (unpaired) electrons. The van der Waals surface area contributed by atoms with Crippen molar-refractivity contribution < 1.29 is 9.72 Å². The van der Waals surface area contributed by atoms with Crippen molar-refractivity contribution in [2.24, 2.45) is 0 Å². The lowest BCUT2D eigenvalue weighted by Gasteiger charge is -1.98. The zero-order valence-corrected chi connectivity index (χ0v) is 8.19. The van der Waals surface area contributed by atoms with E-state index in [1.807, 2.05) is 0 Å². The Morgan fingerprint density at radius 2 is 2.27 bits per heavy atom. The number of aryl methyl sites for hydroxylation is 1. The number of hydrogen-bond donors (Lipinski definition) is 0. The van der Waals surface area contributed by atoms with Crippen LogP contribution < -0.4 is 0 Å². The first-order valence-corrected chi connectivity index (χ1v) is 4.33. The Morgan fingerprint density at radius 3 is 2.87 bits per heavy atom. The summed E-state index contributed by atoms with van der Waals surface area (Å²) < 4.78 is 0. The maximum atomic E-state index is 10.7. The van der Waals surface area contributed by atoms with Gasteiger partial charge in [0.05, 0.1) is 11.3 Å². The minimum absolute atomic E-state index is 0.0200. The van der Waals surface area contributed by atoms with Crippen molar-refractivity contribution in [1.29, 1.82) is 0 Å². The molecule has 0 saturated carbocycles. The zero-order chi connectivity index (χ0) is 11.3. The second kappa shape index (κ2) is 4.91. The van der Waals surface area contributed by atoms with Crippen LogP contribution in [0.15, 0.2) is 18.2 Å². The Labute approximate surface area is 87.1 Å². The first-order valence-electron chi connectivity index (χ1n) is 4.33. The van der Waals surface area contributed by atoms with E-state index in [-0.39, 0.29) is 12.1 Å². The number of hydrogen-bond acceptors (Lipinski definition) is 3. The van der Waals surface area contributed by atoms with Gasteiger partial charge < -0.3 is 4.79 Å². The molecule has 0 atom stereocenters. The fraction of sp³-hybridized carbons (Fsp3) is 0.182. The van der Waals surface area contributed by atoms with Gasteiger partial charge in [0.25, 0.3) is 5.69 Å². The molecule has 1 aromatic carbocycles. The molecule has 0 spiro atoms. The molecule has 0 aliphatic rings. The van der Waals surface area contributed by atoms with Crippen LogP contribution in [0.5, 0.6) is 0 Å². The lowest BCUT2D eigenvalue weighted by molar-refractivity contribution is -0.385. The van der Waals surface area contributed by atoms with E-state index in [1.54, 1.807) is 19.1 Å². The van der Waals surface area contributed by atoms with Crippen molar-refractivity contribution in [2.45, 2.75) is 13.3 Å². The van der Waals surface area contributed by atoms with E-state index in [9.17, 15) is 14.9 Å². The van der Waals surface area contributed by atoms with E-state index in [4.69, 9.17) is 0 Å². The van der Waals surface area contributed by atoms with Crippen LogP contribution in [0.1, 0.15) is 17.5 Å². The Balaban J connectivity index is 3.20. The summed E-state index contributed by atoms with van der Waals surface area (Å²) in [4.78, 5) is 20.3. The highest BCUT2D eigenvalue weighted by Gasteiger charge is 2.12. The number of benzene rings is 1. The minimum atomic E-state index is -0.474. The van der Waals surface area contributed by atoms with Crippen molar-refractivity contribution in [1.82, 2.24) is 0 Å². The molecule has 0 amide bonds. The maximum Gasteiger partial charge on any atom is 0.285 e. The highest BCUT2D eigenvalue weighted by Crippen LogP contribution is 2.20. The van der Waals surface area contributed by atoms with Crippen LogP contribution >= 0.6 is 0 Å². The van der Waals surface area contributed by atoms with Gasteiger partial charge in [0, 0.05) is 6.07 Å². The minimum Gasteiger partial charge on any atom is -0.302 e. The first-order chi connectivity index (χ1) is 7.16. The van der Waals surface area contributed by atoms with E-state index in [1.165, 1.54) is 6.07 Å². The summed E-state index contributed by atoms with van der Waals surface area (Å²) in [5.41, 5.74) is 1.10. The van der Waals surface area contributed by atoms with Crippen LogP contribution in [0.2, 0.25) is 0 Å².